The van der Waals surface area contributed by atoms with Gasteiger partial charge < -0.3 is 0 Å². The molecule has 0 radical (unpaired) electrons. The third-order valence-corrected chi connectivity index (χ3v) is 2.20. The van der Waals surface area contributed by atoms with Gasteiger partial charge in [0.05, 0.1) is 0 Å². The van der Waals surface area contributed by atoms with Crippen LogP contribution in [-0.4, -0.2) is 3.92 Å². The van der Waals surface area contributed by atoms with Crippen molar-refractivity contribution in [3.8, 4) is 0 Å². The molecular weight excluding hydrogens is 223 g/mol. The summed E-state index contributed by atoms with van der Waals surface area (Å²) in [7, 11) is 0. The molecule has 0 nitrogen and oxygen atoms in total. The molecular formula is C8H11I. The normalized spacial score (nSPS) is 21.3. The van der Waals surface area contributed by atoms with Crippen LogP contribution in [-0.2, 0) is 0 Å². The molecule has 0 heterocycles. The average molecular weight is 234 g/mol. The van der Waals surface area contributed by atoms with E-state index < -0.39 is 0 Å². The zero-order valence-electron chi connectivity index (χ0n) is 5.60. The van der Waals surface area contributed by atoms with Crippen LogP contribution < -0.4 is 0 Å². The van der Waals surface area contributed by atoms with Crippen LogP contribution in [0.25, 0.3) is 0 Å². The predicted molar refractivity (Wildman–Crippen MR) is 49.9 cm³/mol. The number of halogens is 1. The number of alkyl halides is 1. The molecule has 1 aliphatic carbocycles. The van der Waals surface area contributed by atoms with Crippen molar-refractivity contribution in [3.05, 3.63) is 23.8 Å². The van der Waals surface area contributed by atoms with Gasteiger partial charge in [-0.1, -0.05) is 40.8 Å². The molecule has 0 aromatic carbocycles. The molecule has 50 valence electrons. The van der Waals surface area contributed by atoms with Gasteiger partial charge in [0.1, 0.15) is 0 Å². The van der Waals surface area contributed by atoms with Crippen LogP contribution in [0.2, 0.25) is 0 Å². The third-order valence-electron chi connectivity index (χ3n) is 1.48. The Labute approximate surface area is 70.2 Å². The molecule has 0 amide bonds. The predicted octanol–water partition coefficient (Wildman–Crippen LogP) is 3.09. The fraction of sp³-hybridized carbons (Fsp3) is 0.500. The maximum absolute atomic E-state index is 2.44. The molecule has 0 saturated heterocycles. The summed E-state index contributed by atoms with van der Waals surface area (Å²) in [4.78, 5) is 0. The first-order valence-corrected chi connectivity index (χ1v) is 4.56. The first kappa shape index (κ1) is 7.32. The highest BCUT2D eigenvalue weighted by Gasteiger charge is 2.01. The standard InChI is InChI=1S/C8H11I/c1-7(9)8-5-3-2-4-6-8/h3,5-7H,2,4H2,1H3. The minimum Gasteiger partial charge on any atom is -0.0839 e. The van der Waals surface area contributed by atoms with Crippen LogP contribution in [0.3, 0.4) is 0 Å². The van der Waals surface area contributed by atoms with E-state index in [4.69, 9.17) is 0 Å². The highest BCUT2D eigenvalue weighted by Crippen LogP contribution is 2.18. The second kappa shape index (κ2) is 3.40. The summed E-state index contributed by atoms with van der Waals surface area (Å²) in [5.41, 5.74) is 1.49. The van der Waals surface area contributed by atoms with E-state index in [2.05, 4.69) is 47.7 Å². The van der Waals surface area contributed by atoms with Crippen LogP contribution >= 0.6 is 22.6 Å². The van der Waals surface area contributed by atoms with Crippen molar-refractivity contribution < 1.29 is 0 Å². The van der Waals surface area contributed by atoms with Gasteiger partial charge in [-0.3, -0.25) is 0 Å². The topological polar surface area (TPSA) is 0 Å². The lowest BCUT2D eigenvalue weighted by Gasteiger charge is -2.07. The molecule has 1 heteroatoms. The smallest absolute Gasteiger partial charge is 0.0328 e. The lowest BCUT2D eigenvalue weighted by molar-refractivity contribution is 0.997. The van der Waals surface area contributed by atoms with Crippen LogP contribution in [0.1, 0.15) is 19.8 Å². The summed E-state index contributed by atoms with van der Waals surface area (Å²) in [5, 5.41) is 0. The largest absolute Gasteiger partial charge is 0.0839 e. The van der Waals surface area contributed by atoms with E-state index >= 15 is 0 Å². The number of allylic oxidation sites excluding steroid dienone is 4. The van der Waals surface area contributed by atoms with Crippen molar-refractivity contribution in [2.24, 2.45) is 0 Å². The van der Waals surface area contributed by atoms with Gasteiger partial charge in [0.2, 0.25) is 0 Å². The molecule has 0 bridgehead atoms. The molecule has 9 heavy (non-hydrogen) atoms. The van der Waals surface area contributed by atoms with Crippen LogP contribution in [0.15, 0.2) is 23.8 Å². The molecule has 0 saturated carbocycles. The van der Waals surface area contributed by atoms with Crippen LogP contribution in [0, 0.1) is 0 Å². The van der Waals surface area contributed by atoms with Gasteiger partial charge >= 0.3 is 0 Å². The Bertz CT molecular complexity index is 143. The van der Waals surface area contributed by atoms with Crippen molar-refractivity contribution in [2.45, 2.75) is 23.7 Å². The summed E-state index contributed by atoms with van der Waals surface area (Å²) < 4.78 is 0.680. The Morgan fingerprint density at radius 1 is 1.56 bits per heavy atom. The second-order valence-corrected chi connectivity index (χ2v) is 4.17. The molecule has 0 aromatic rings. The Morgan fingerprint density at radius 2 is 2.33 bits per heavy atom. The van der Waals surface area contributed by atoms with E-state index in [1.165, 1.54) is 18.4 Å². The Kier molecular flexibility index (Phi) is 2.76. The summed E-state index contributed by atoms with van der Waals surface area (Å²) >= 11 is 2.44. The van der Waals surface area contributed by atoms with Gasteiger partial charge in [-0.15, -0.1) is 0 Å². The van der Waals surface area contributed by atoms with E-state index in [0.717, 1.165) is 0 Å². The Hall–Kier alpha value is 0.210. The maximum Gasteiger partial charge on any atom is 0.0328 e. The third kappa shape index (κ3) is 2.12. The number of rotatable bonds is 1. The van der Waals surface area contributed by atoms with E-state index in [9.17, 15) is 0 Å². The van der Waals surface area contributed by atoms with Crippen molar-refractivity contribution >= 4 is 22.6 Å². The summed E-state index contributed by atoms with van der Waals surface area (Å²) in [6, 6.07) is 0. The van der Waals surface area contributed by atoms with Gasteiger partial charge in [-0.25, -0.2) is 0 Å². The summed E-state index contributed by atoms with van der Waals surface area (Å²) in [5.74, 6) is 0. The molecule has 0 aromatic heterocycles. The van der Waals surface area contributed by atoms with Gasteiger partial charge in [-0.05, 0) is 25.3 Å². The van der Waals surface area contributed by atoms with E-state index in [1.807, 2.05) is 0 Å². The molecule has 0 spiro atoms. The van der Waals surface area contributed by atoms with E-state index in [1.54, 1.807) is 0 Å². The highest BCUT2D eigenvalue weighted by molar-refractivity contribution is 14.1. The lowest BCUT2D eigenvalue weighted by Crippen LogP contribution is -1.95. The zero-order valence-corrected chi connectivity index (χ0v) is 7.76. The molecule has 0 aliphatic heterocycles. The number of hydrogen-bond acceptors (Lipinski definition) is 0. The van der Waals surface area contributed by atoms with Crippen molar-refractivity contribution in [2.75, 3.05) is 0 Å². The summed E-state index contributed by atoms with van der Waals surface area (Å²) in [6.45, 7) is 2.22. The molecule has 0 N–H and O–H groups in total. The Morgan fingerprint density at radius 3 is 2.67 bits per heavy atom. The maximum atomic E-state index is 2.44. The van der Waals surface area contributed by atoms with Crippen molar-refractivity contribution in [3.63, 3.8) is 0 Å². The lowest BCUT2D eigenvalue weighted by atomic mass is 10.1. The molecule has 1 unspecified atom stereocenters. The first-order chi connectivity index (χ1) is 4.30. The van der Waals surface area contributed by atoms with Gasteiger partial charge in [0.15, 0.2) is 0 Å². The van der Waals surface area contributed by atoms with Crippen molar-refractivity contribution in [1.82, 2.24) is 0 Å². The quantitative estimate of drug-likeness (QED) is 0.483. The zero-order chi connectivity index (χ0) is 6.69. The molecule has 1 aliphatic rings. The SMILES string of the molecule is CC(I)C1=CCCC=C1. The van der Waals surface area contributed by atoms with Gasteiger partial charge in [-0.2, -0.15) is 0 Å². The molecule has 1 atom stereocenters. The molecule has 1 rings (SSSR count). The molecule has 0 fully saturated rings. The van der Waals surface area contributed by atoms with E-state index in [-0.39, 0.29) is 0 Å². The minimum absolute atomic E-state index is 0.680. The van der Waals surface area contributed by atoms with E-state index in [0.29, 0.717) is 3.92 Å². The van der Waals surface area contributed by atoms with Crippen LogP contribution in [0.4, 0.5) is 0 Å². The van der Waals surface area contributed by atoms with Gasteiger partial charge in [0, 0.05) is 3.92 Å². The Balaban J connectivity index is 2.58. The fourth-order valence-electron chi connectivity index (χ4n) is 0.929. The fourth-order valence-corrected chi connectivity index (χ4v) is 1.39. The highest BCUT2D eigenvalue weighted by atomic mass is 127. The first-order valence-electron chi connectivity index (χ1n) is 3.31. The second-order valence-electron chi connectivity index (χ2n) is 2.30. The van der Waals surface area contributed by atoms with Crippen molar-refractivity contribution in [1.29, 1.82) is 0 Å². The van der Waals surface area contributed by atoms with Crippen LogP contribution in [0.5, 0.6) is 0 Å². The monoisotopic (exact) mass is 234 g/mol. The number of hydrogen-bond donors (Lipinski definition) is 0. The minimum atomic E-state index is 0.680. The average Bonchev–Trinajstić information content (AvgIpc) is 1.90. The summed E-state index contributed by atoms with van der Waals surface area (Å²) in [6.07, 6.45) is 9.29. The van der Waals surface area contributed by atoms with Gasteiger partial charge in [0.25, 0.3) is 0 Å².